The summed E-state index contributed by atoms with van der Waals surface area (Å²) in [5.74, 6) is 1.92. The van der Waals surface area contributed by atoms with E-state index in [4.69, 9.17) is 9.72 Å². The van der Waals surface area contributed by atoms with Gasteiger partial charge in [-0.15, -0.1) is 0 Å². The number of aryl methyl sites for hydroxylation is 2. The Morgan fingerprint density at radius 3 is 2.59 bits per heavy atom. The van der Waals surface area contributed by atoms with E-state index >= 15 is 0 Å². The summed E-state index contributed by atoms with van der Waals surface area (Å²) in [5, 5.41) is 3.25. The summed E-state index contributed by atoms with van der Waals surface area (Å²) in [6.07, 6.45) is 8.48. The number of carbonyl (C=O) groups is 2. The number of hydrogen-bond donors (Lipinski definition) is 1. The minimum atomic E-state index is -0.222. The zero-order valence-electron chi connectivity index (χ0n) is 19.1. The third kappa shape index (κ3) is 4.47. The number of carbonyl (C=O) groups excluding carboxylic acids is 2. The first-order valence-corrected chi connectivity index (χ1v) is 12.4. The highest BCUT2D eigenvalue weighted by molar-refractivity contribution is 5.89. The Bertz CT molecular complexity index is 861. The molecule has 8 nitrogen and oxygen atoms in total. The van der Waals surface area contributed by atoms with Gasteiger partial charge in [-0.05, 0) is 58.3 Å². The second-order valence-electron chi connectivity index (χ2n) is 9.79. The number of fused-ring (bicyclic) bond motifs is 1. The molecule has 8 heteroatoms. The number of nitrogens with zero attached hydrogens (tertiary/aromatic N) is 4. The van der Waals surface area contributed by atoms with Gasteiger partial charge in [0.2, 0.25) is 11.8 Å². The molecule has 2 amide bonds. The van der Waals surface area contributed by atoms with Gasteiger partial charge in [-0.3, -0.25) is 9.59 Å². The predicted molar refractivity (Wildman–Crippen MR) is 120 cm³/mol. The molecule has 0 spiro atoms. The highest BCUT2D eigenvalue weighted by Gasteiger charge is 2.39. The summed E-state index contributed by atoms with van der Waals surface area (Å²) in [4.78, 5) is 39.2. The molecule has 3 fully saturated rings. The second kappa shape index (κ2) is 9.33. The molecule has 1 aliphatic carbocycles. The van der Waals surface area contributed by atoms with Crippen molar-refractivity contribution in [2.24, 2.45) is 5.92 Å². The van der Waals surface area contributed by atoms with E-state index in [1.54, 1.807) is 0 Å². The van der Waals surface area contributed by atoms with Crippen LogP contribution in [0, 0.1) is 12.8 Å². The number of amides is 2. The molecule has 3 aliphatic heterocycles. The fraction of sp³-hybridized carbons (Fsp3) is 0.750. The minimum absolute atomic E-state index is 0.0432. The summed E-state index contributed by atoms with van der Waals surface area (Å²) in [7, 11) is 0. The Kier molecular flexibility index (Phi) is 6.31. The summed E-state index contributed by atoms with van der Waals surface area (Å²) in [6.45, 7) is 5.74. The summed E-state index contributed by atoms with van der Waals surface area (Å²) in [6, 6.07) is 0.407. The second-order valence-corrected chi connectivity index (χ2v) is 9.79. The van der Waals surface area contributed by atoms with Crippen molar-refractivity contribution in [3.05, 3.63) is 17.1 Å². The molecule has 0 radical (unpaired) electrons. The Balaban J connectivity index is 1.15. The van der Waals surface area contributed by atoms with Gasteiger partial charge >= 0.3 is 0 Å². The van der Waals surface area contributed by atoms with Crippen LogP contribution in [0.5, 0.6) is 0 Å². The SMILES string of the molecule is Cc1nc2c(c(N3CCC(NC(=O)C4CC(=O)N(C5CCOCC5)C4)CC3)n1)CCCC2. The topological polar surface area (TPSA) is 87.7 Å². The third-order valence-corrected chi connectivity index (χ3v) is 7.57. The van der Waals surface area contributed by atoms with Crippen molar-refractivity contribution >= 4 is 17.6 Å². The van der Waals surface area contributed by atoms with E-state index in [0.717, 1.165) is 63.3 Å². The summed E-state index contributed by atoms with van der Waals surface area (Å²) >= 11 is 0. The fourth-order valence-electron chi connectivity index (χ4n) is 5.77. The maximum atomic E-state index is 12.9. The molecule has 1 unspecified atom stereocenters. The van der Waals surface area contributed by atoms with Gasteiger partial charge in [0.25, 0.3) is 0 Å². The van der Waals surface area contributed by atoms with Gasteiger partial charge in [-0.1, -0.05) is 0 Å². The van der Waals surface area contributed by atoms with Gasteiger partial charge < -0.3 is 19.9 Å². The zero-order valence-corrected chi connectivity index (χ0v) is 19.1. The molecule has 3 saturated heterocycles. The molecule has 1 atom stereocenters. The van der Waals surface area contributed by atoms with E-state index in [0.29, 0.717) is 26.2 Å². The van der Waals surface area contributed by atoms with Crippen LogP contribution in [0.2, 0.25) is 0 Å². The minimum Gasteiger partial charge on any atom is -0.381 e. The van der Waals surface area contributed by atoms with E-state index in [-0.39, 0.29) is 29.8 Å². The Labute approximate surface area is 190 Å². The monoisotopic (exact) mass is 441 g/mol. The van der Waals surface area contributed by atoms with Crippen LogP contribution < -0.4 is 10.2 Å². The van der Waals surface area contributed by atoms with Gasteiger partial charge in [0.05, 0.1) is 5.92 Å². The molecule has 1 N–H and O–H groups in total. The van der Waals surface area contributed by atoms with E-state index in [1.807, 2.05) is 11.8 Å². The quantitative estimate of drug-likeness (QED) is 0.766. The first-order valence-electron chi connectivity index (χ1n) is 12.4. The number of nitrogens with one attached hydrogen (secondary N) is 1. The van der Waals surface area contributed by atoms with E-state index < -0.39 is 0 Å². The van der Waals surface area contributed by atoms with Crippen LogP contribution in [0.4, 0.5) is 5.82 Å². The van der Waals surface area contributed by atoms with Crippen molar-refractivity contribution in [2.45, 2.75) is 76.8 Å². The molecule has 0 saturated carbocycles. The highest BCUT2D eigenvalue weighted by Crippen LogP contribution is 2.30. The van der Waals surface area contributed by atoms with Crippen molar-refractivity contribution in [3.63, 3.8) is 0 Å². The van der Waals surface area contributed by atoms with Gasteiger partial charge in [-0.25, -0.2) is 9.97 Å². The van der Waals surface area contributed by atoms with E-state index in [2.05, 4.69) is 15.2 Å². The van der Waals surface area contributed by atoms with Crippen molar-refractivity contribution in [3.8, 4) is 0 Å². The van der Waals surface area contributed by atoms with Gasteiger partial charge in [0, 0.05) is 62.6 Å². The van der Waals surface area contributed by atoms with Crippen LogP contribution in [0.3, 0.4) is 0 Å². The number of rotatable bonds is 4. The maximum absolute atomic E-state index is 12.9. The molecular weight excluding hydrogens is 406 g/mol. The van der Waals surface area contributed by atoms with E-state index in [1.165, 1.54) is 24.1 Å². The maximum Gasteiger partial charge on any atom is 0.225 e. The summed E-state index contributed by atoms with van der Waals surface area (Å²) in [5.41, 5.74) is 2.57. The predicted octanol–water partition coefficient (Wildman–Crippen LogP) is 1.78. The number of likely N-dealkylation sites (tertiary alicyclic amines) is 1. The average Bonchev–Trinajstić information content (AvgIpc) is 3.21. The molecule has 174 valence electrons. The number of hydrogen-bond acceptors (Lipinski definition) is 6. The van der Waals surface area contributed by atoms with Crippen molar-refractivity contribution in [1.82, 2.24) is 20.2 Å². The molecule has 4 heterocycles. The first-order chi connectivity index (χ1) is 15.6. The smallest absolute Gasteiger partial charge is 0.225 e. The zero-order chi connectivity index (χ0) is 22.1. The Hall–Kier alpha value is -2.22. The van der Waals surface area contributed by atoms with Crippen LogP contribution in [0.15, 0.2) is 0 Å². The van der Waals surface area contributed by atoms with Crippen molar-refractivity contribution < 1.29 is 14.3 Å². The van der Waals surface area contributed by atoms with Crippen LogP contribution in [-0.4, -0.2) is 71.6 Å². The van der Waals surface area contributed by atoms with Crippen LogP contribution in [-0.2, 0) is 27.2 Å². The number of anilines is 1. The fourth-order valence-corrected chi connectivity index (χ4v) is 5.77. The molecule has 1 aromatic heterocycles. The molecule has 0 bridgehead atoms. The molecule has 1 aromatic rings. The molecular formula is C24H35N5O3. The molecule has 5 rings (SSSR count). The van der Waals surface area contributed by atoms with Crippen molar-refractivity contribution in [1.29, 1.82) is 0 Å². The molecule has 4 aliphatic rings. The normalized spacial score (nSPS) is 25.2. The van der Waals surface area contributed by atoms with Gasteiger partial charge in [0.1, 0.15) is 11.6 Å². The lowest BCUT2D eigenvalue weighted by atomic mass is 9.95. The average molecular weight is 442 g/mol. The molecule has 32 heavy (non-hydrogen) atoms. The van der Waals surface area contributed by atoms with Crippen LogP contribution >= 0.6 is 0 Å². The summed E-state index contributed by atoms with van der Waals surface area (Å²) < 4.78 is 5.42. The third-order valence-electron chi connectivity index (χ3n) is 7.57. The van der Waals surface area contributed by atoms with Gasteiger partial charge in [-0.2, -0.15) is 0 Å². The lowest BCUT2D eigenvalue weighted by Gasteiger charge is -2.35. The lowest BCUT2D eigenvalue weighted by molar-refractivity contribution is -0.131. The van der Waals surface area contributed by atoms with E-state index in [9.17, 15) is 9.59 Å². The van der Waals surface area contributed by atoms with Gasteiger partial charge in [0.15, 0.2) is 0 Å². The Morgan fingerprint density at radius 2 is 1.81 bits per heavy atom. The number of piperidine rings is 1. The Morgan fingerprint density at radius 1 is 1.06 bits per heavy atom. The lowest BCUT2D eigenvalue weighted by Crippen LogP contribution is -2.47. The molecule has 0 aromatic carbocycles. The van der Waals surface area contributed by atoms with Crippen molar-refractivity contribution in [2.75, 3.05) is 37.7 Å². The van der Waals surface area contributed by atoms with Crippen LogP contribution in [0.1, 0.15) is 62.0 Å². The number of aromatic nitrogens is 2. The highest BCUT2D eigenvalue weighted by atomic mass is 16.5. The largest absolute Gasteiger partial charge is 0.381 e. The first kappa shape index (κ1) is 21.6. The van der Waals surface area contributed by atoms with Crippen LogP contribution in [0.25, 0.3) is 0 Å². The standard InChI is InChI=1S/C24H35N5O3/c1-16-25-21-5-3-2-4-20(21)23(26-16)28-10-6-18(7-11-28)27-24(31)17-14-22(30)29(15-17)19-8-12-32-13-9-19/h17-19H,2-15H2,1H3,(H,27,31). The number of ether oxygens (including phenoxy) is 1.